The van der Waals surface area contributed by atoms with Crippen LogP contribution < -0.4 is 11.0 Å². The van der Waals surface area contributed by atoms with E-state index in [2.05, 4.69) is 10.4 Å². The minimum Gasteiger partial charge on any atom is -0.452 e. The molecule has 126 valence electrons. The van der Waals surface area contributed by atoms with E-state index >= 15 is 0 Å². The highest BCUT2D eigenvalue weighted by atomic mass is 16.5. The van der Waals surface area contributed by atoms with E-state index in [-0.39, 0.29) is 5.56 Å². The monoisotopic (exact) mass is 335 g/mol. The average molecular weight is 335 g/mol. The van der Waals surface area contributed by atoms with Crippen LogP contribution in [0.3, 0.4) is 0 Å². The molecule has 0 fully saturated rings. The molecule has 0 saturated heterocycles. The molecule has 0 spiro atoms. The second kappa shape index (κ2) is 5.44. The zero-order chi connectivity index (χ0) is 17.6. The molecule has 25 heavy (non-hydrogen) atoms. The maximum atomic E-state index is 13.0. The minimum absolute atomic E-state index is 0.257. The third kappa shape index (κ3) is 2.29. The van der Waals surface area contributed by atoms with Crippen molar-refractivity contribution in [3.05, 3.63) is 76.3 Å². The van der Waals surface area contributed by atoms with E-state index in [1.807, 2.05) is 36.4 Å². The summed E-state index contributed by atoms with van der Waals surface area (Å²) in [5, 5.41) is 0.482. The fraction of sp³-hybridized carbons (Fsp3) is 0.211. The molecule has 2 heterocycles. The predicted molar refractivity (Wildman–Crippen MR) is 93.7 cm³/mol. The van der Waals surface area contributed by atoms with Crippen LogP contribution in [0.4, 0.5) is 0 Å². The van der Waals surface area contributed by atoms with Crippen LogP contribution in [0.2, 0.25) is 0 Å². The second-order valence-corrected chi connectivity index (χ2v) is 6.28. The SMILES string of the molecule is CC1OC(=O)C(C)(c2ccccc2)Nn2c1nc1ccccc1c2=O. The molecule has 2 atom stereocenters. The smallest absolute Gasteiger partial charge is 0.338 e. The van der Waals surface area contributed by atoms with Crippen LogP contribution in [0.5, 0.6) is 0 Å². The lowest BCUT2D eigenvalue weighted by Gasteiger charge is -2.28. The van der Waals surface area contributed by atoms with E-state index in [1.54, 1.807) is 32.0 Å². The third-order valence-corrected chi connectivity index (χ3v) is 4.54. The molecule has 0 bridgehead atoms. The van der Waals surface area contributed by atoms with E-state index in [0.29, 0.717) is 22.3 Å². The summed E-state index contributed by atoms with van der Waals surface area (Å²) >= 11 is 0. The third-order valence-electron chi connectivity index (χ3n) is 4.54. The molecule has 6 heteroatoms. The number of hydrogen-bond acceptors (Lipinski definition) is 5. The number of carbonyl (C=O) groups is 1. The lowest BCUT2D eigenvalue weighted by molar-refractivity contribution is -0.153. The first kappa shape index (κ1) is 15.4. The lowest BCUT2D eigenvalue weighted by atomic mass is 9.93. The molecule has 0 amide bonds. The summed E-state index contributed by atoms with van der Waals surface area (Å²) in [4.78, 5) is 30.3. The number of benzene rings is 2. The summed E-state index contributed by atoms with van der Waals surface area (Å²) in [7, 11) is 0. The Bertz CT molecular complexity index is 1030. The normalized spacial score (nSPS) is 22.6. The highest BCUT2D eigenvalue weighted by Crippen LogP contribution is 2.30. The first-order chi connectivity index (χ1) is 12.0. The number of esters is 1. The molecule has 0 radical (unpaired) electrons. The number of nitrogens with one attached hydrogen (secondary N) is 1. The van der Waals surface area contributed by atoms with Gasteiger partial charge in [0.05, 0.1) is 10.9 Å². The van der Waals surface area contributed by atoms with Gasteiger partial charge >= 0.3 is 5.97 Å². The van der Waals surface area contributed by atoms with E-state index < -0.39 is 17.6 Å². The lowest BCUT2D eigenvalue weighted by Crippen LogP contribution is -2.47. The Balaban J connectivity index is 1.98. The van der Waals surface area contributed by atoms with Crippen molar-refractivity contribution in [3.8, 4) is 0 Å². The zero-order valence-corrected chi connectivity index (χ0v) is 13.9. The molecule has 2 aromatic carbocycles. The summed E-state index contributed by atoms with van der Waals surface area (Å²) in [6.45, 7) is 3.41. The summed E-state index contributed by atoms with van der Waals surface area (Å²) in [5.41, 5.74) is 2.89. The molecule has 4 rings (SSSR count). The number of rotatable bonds is 1. The van der Waals surface area contributed by atoms with Gasteiger partial charge in [0, 0.05) is 0 Å². The highest BCUT2D eigenvalue weighted by molar-refractivity contribution is 5.85. The molecule has 3 aromatic rings. The van der Waals surface area contributed by atoms with Crippen LogP contribution in [0.15, 0.2) is 59.4 Å². The molecule has 2 unspecified atom stereocenters. The molecule has 1 aromatic heterocycles. The van der Waals surface area contributed by atoms with Crippen molar-refractivity contribution in [2.24, 2.45) is 0 Å². The maximum Gasteiger partial charge on any atom is 0.338 e. The zero-order valence-electron chi connectivity index (χ0n) is 13.9. The highest BCUT2D eigenvalue weighted by Gasteiger charge is 2.42. The van der Waals surface area contributed by atoms with Gasteiger partial charge in [-0.1, -0.05) is 42.5 Å². The minimum atomic E-state index is -1.20. The van der Waals surface area contributed by atoms with Gasteiger partial charge in [0.2, 0.25) is 0 Å². The summed E-state index contributed by atoms with van der Waals surface area (Å²) in [6.07, 6.45) is -0.650. The van der Waals surface area contributed by atoms with E-state index in [0.717, 1.165) is 0 Å². The van der Waals surface area contributed by atoms with Crippen LogP contribution >= 0.6 is 0 Å². The van der Waals surface area contributed by atoms with Crippen molar-refractivity contribution in [1.29, 1.82) is 0 Å². The standard InChI is InChI=1S/C19H17N3O3/c1-12-16-20-15-11-7-6-10-14(15)17(23)22(16)21-19(2,18(24)25-12)13-8-4-3-5-9-13/h3-12,21H,1-2H3. The molecule has 0 aliphatic carbocycles. The first-order valence-corrected chi connectivity index (χ1v) is 8.07. The van der Waals surface area contributed by atoms with Gasteiger partial charge in [0.1, 0.15) is 0 Å². The maximum absolute atomic E-state index is 13.0. The molecular formula is C19H17N3O3. The van der Waals surface area contributed by atoms with Crippen molar-refractivity contribution >= 4 is 16.9 Å². The molecular weight excluding hydrogens is 318 g/mol. The van der Waals surface area contributed by atoms with Crippen LogP contribution in [-0.4, -0.2) is 15.6 Å². The Morgan fingerprint density at radius 2 is 1.76 bits per heavy atom. The summed E-state index contributed by atoms with van der Waals surface area (Å²) < 4.78 is 6.93. The molecule has 0 saturated carbocycles. The average Bonchev–Trinajstić information content (AvgIpc) is 2.73. The van der Waals surface area contributed by atoms with Crippen LogP contribution in [-0.2, 0) is 15.1 Å². The molecule has 6 nitrogen and oxygen atoms in total. The summed E-state index contributed by atoms with van der Waals surface area (Å²) in [5.74, 6) is -0.0862. The van der Waals surface area contributed by atoms with Gasteiger partial charge in [-0.2, -0.15) is 0 Å². The van der Waals surface area contributed by atoms with Crippen LogP contribution in [0.1, 0.15) is 31.3 Å². The van der Waals surface area contributed by atoms with Gasteiger partial charge in [-0.05, 0) is 31.5 Å². The Kier molecular flexibility index (Phi) is 3.35. The molecule has 1 aliphatic heterocycles. The number of ether oxygens (including phenoxy) is 1. The first-order valence-electron chi connectivity index (χ1n) is 8.07. The van der Waals surface area contributed by atoms with E-state index in [4.69, 9.17) is 4.74 Å². The fourth-order valence-electron chi connectivity index (χ4n) is 3.08. The Morgan fingerprint density at radius 3 is 2.52 bits per heavy atom. The van der Waals surface area contributed by atoms with Crippen molar-refractivity contribution in [2.75, 3.05) is 5.43 Å². The van der Waals surface area contributed by atoms with Crippen LogP contribution in [0.25, 0.3) is 10.9 Å². The van der Waals surface area contributed by atoms with Gasteiger partial charge in [-0.25, -0.2) is 14.5 Å². The number of fused-ring (bicyclic) bond motifs is 2. The summed E-state index contributed by atoms with van der Waals surface area (Å²) in [6, 6.07) is 16.3. The second-order valence-electron chi connectivity index (χ2n) is 6.28. The van der Waals surface area contributed by atoms with Gasteiger partial charge in [-0.3, -0.25) is 10.2 Å². The van der Waals surface area contributed by atoms with Crippen molar-refractivity contribution in [1.82, 2.24) is 9.66 Å². The number of nitrogens with zero attached hydrogens (tertiary/aromatic N) is 2. The quantitative estimate of drug-likeness (QED) is 0.692. The van der Waals surface area contributed by atoms with Crippen LogP contribution in [0, 0.1) is 0 Å². The molecule has 1 aliphatic rings. The van der Waals surface area contributed by atoms with E-state index in [1.165, 1.54) is 4.68 Å². The number of aromatic nitrogens is 2. The number of para-hydroxylation sites is 1. The largest absolute Gasteiger partial charge is 0.452 e. The number of carbonyl (C=O) groups excluding carboxylic acids is 1. The van der Waals surface area contributed by atoms with Crippen molar-refractivity contribution in [3.63, 3.8) is 0 Å². The Hall–Kier alpha value is -3.15. The fourth-order valence-corrected chi connectivity index (χ4v) is 3.08. The van der Waals surface area contributed by atoms with E-state index in [9.17, 15) is 9.59 Å². The topological polar surface area (TPSA) is 73.2 Å². The van der Waals surface area contributed by atoms with Gasteiger partial charge in [-0.15, -0.1) is 0 Å². The van der Waals surface area contributed by atoms with Gasteiger partial charge in [0.15, 0.2) is 17.5 Å². The predicted octanol–water partition coefficient (Wildman–Crippen LogP) is 2.47. The molecule has 1 N–H and O–H groups in total. The number of hydrogen-bond donors (Lipinski definition) is 1. The Labute approximate surface area is 144 Å². The Morgan fingerprint density at radius 1 is 1.08 bits per heavy atom. The number of cyclic esters (lactones) is 1. The van der Waals surface area contributed by atoms with Gasteiger partial charge < -0.3 is 4.74 Å². The van der Waals surface area contributed by atoms with Gasteiger partial charge in [0.25, 0.3) is 5.56 Å². The van der Waals surface area contributed by atoms with Crippen molar-refractivity contribution < 1.29 is 9.53 Å². The van der Waals surface area contributed by atoms with Crippen molar-refractivity contribution in [2.45, 2.75) is 25.5 Å².